The van der Waals surface area contributed by atoms with E-state index < -0.39 is 0 Å². The highest BCUT2D eigenvalue weighted by atomic mass is 15.2. The predicted molar refractivity (Wildman–Crippen MR) is 82.2 cm³/mol. The second kappa shape index (κ2) is 4.47. The Kier molecular flexibility index (Phi) is 3.00. The minimum absolute atomic E-state index is 0.0561. The largest absolute Gasteiger partial charge is 0.363 e. The van der Waals surface area contributed by atoms with Crippen LogP contribution in [0, 0.1) is 0 Å². The van der Waals surface area contributed by atoms with Crippen molar-refractivity contribution in [3.05, 3.63) is 24.2 Å². The lowest BCUT2D eigenvalue weighted by Gasteiger charge is -2.26. The van der Waals surface area contributed by atoms with Crippen LogP contribution in [0.1, 0.15) is 59.1 Å². The molecule has 20 heavy (non-hydrogen) atoms. The number of rotatable bonds is 2. The van der Waals surface area contributed by atoms with Gasteiger partial charge in [0.2, 0.25) is 0 Å². The quantitative estimate of drug-likeness (QED) is 0.905. The first kappa shape index (κ1) is 13.4. The molecule has 0 aliphatic heterocycles. The van der Waals surface area contributed by atoms with E-state index in [1.54, 1.807) is 0 Å². The highest BCUT2D eigenvalue weighted by molar-refractivity contribution is 5.69. The molecule has 0 saturated heterocycles. The van der Waals surface area contributed by atoms with Gasteiger partial charge in [0, 0.05) is 23.3 Å². The third kappa shape index (κ3) is 2.39. The number of nitrogens with one attached hydrogen (secondary N) is 1. The van der Waals surface area contributed by atoms with E-state index in [0.29, 0.717) is 0 Å². The Labute approximate surface area is 120 Å². The molecule has 0 spiro atoms. The van der Waals surface area contributed by atoms with Crippen LogP contribution in [0.15, 0.2) is 18.5 Å². The molecule has 1 aliphatic rings. The summed E-state index contributed by atoms with van der Waals surface area (Å²) >= 11 is 0. The summed E-state index contributed by atoms with van der Waals surface area (Å²) in [5, 5.41) is 8.33. The van der Waals surface area contributed by atoms with Crippen molar-refractivity contribution in [1.29, 1.82) is 0 Å². The van der Waals surface area contributed by atoms with Gasteiger partial charge in [0.05, 0.1) is 5.69 Å². The van der Waals surface area contributed by atoms with Gasteiger partial charge in [0.15, 0.2) is 5.82 Å². The molecule has 0 unspecified atom stereocenters. The van der Waals surface area contributed by atoms with E-state index >= 15 is 0 Å². The van der Waals surface area contributed by atoms with Crippen LogP contribution >= 0.6 is 0 Å². The summed E-state index contributed by atoms with van der Waals surface area (Å²) in [5.41, 5.74) is 2.41. The molecular weight excluding hydrogens is 248 g/mol. The maximum absolute atomic E-state index is 4.68. The van der Waals surface area contributed by atoms with Gasteiger partial charge in [-0.05, 0) is 25.8 Å². The molecule has 1 saturated carbocycles. The fourth-order valence-corrected chi connectivity index (χ4v) is 2.95. The maximum atomic E-state index is 4.68. The Bertz CT molecular complexity index is 615. The van der Waals surface area contributed by atoms with Crippen molar-refractivity contribution in [3.8, 4) is 0 Å². The van der Waals surface area contributed by atoms with E-state index in [2.05, 4.69) is 49.2 Å². The highest BCUT2D eigenvalue weighted by Crippen LogP contribution is 2.33. The van der Waals surface area contributed by atoms with Gasteiger partial charge in [-0.2, -0.15) is 5.10 Å². The molecule has 1 aliphatic carbocycles. The van der Waals surface area contributed by atoms with E-state index in [1.165, 1.54) is 25.7 Å². The van der Waals surface area contributed by atoms with Crippen LogP contribution in [-0.2, 0) is 5.41 Å². The predicted octanol–water partition coefficient (Wildman–Crippen LogP) is 3.77. The first-order valence-electron chi connectivity index (χ1n) is 7.51. The Hall–Kier alpha value is -1.58. The number of anilines is 1. The van der Waals surface area contributed by atoms with Crippen molar-refractivity contribution in [3.63, 3.8) is 0 Å². The number of hydrogen-bond donors (Lipinski definition) is 1. The SMILES string of the molecule is CC1(Nc2nccn3nc(C(C)(C)C)cc23)CCCC1. The summed E-state index contributed by atoms with van der Waals surface area (Å²) in [6.45, 7) is 8.86. The van der Waals surface area contributed by atoms with Crippen molar-refractivity contribution in [1.82, 2.24) is 14.6 Å². The van der Waals surface area contributed by atoms with Crippen molar-refractivity contribution < 1.29 is 0 Å². The molecule has 0 amide bonds. The van der Waals surface area contributed by atoms with Gasteiger partial charge in [-0.15, -0.1) is 0 Å². The van der Waals surface area contributed by atoms with Crippen LogP contribution in [0.4, 0.5) is 5.82 Å². The molecule has 1 N–H and O–H groups in total. The lowest BCUT2D eigenvalue weighted by atomic mass is 9.92. The molecule has 0 radical (unpaired) electrons. The van der Waals surface area contributed by atoms with E-state index in [-0.39, 0.29) is 11.0 Å². The molecule has 108 valence electrons. The average molecular weight is 272 g/mol. The summed E-state index contributed by atoms with van der Waals surface area (Å²) in [6, 6.07) is 2.16. The molecule has 1 fully saturated rings. The van der Waals surface area contributed by atoms with Crippen molar-refractivity contribution in [2.75, 3.05) is 5.32 Å². The normalized spacial score (nSPS) is 18.6. The molecule has 2 heterocycles. The van der Waals surface area contributed by atoms with Gasteiger partial charge >= 0.3 is 0 Å². The summed E-state index contributed by atoms with van der Waals surface area (Å²) in [7, 11) is 0. The third-order valence-electron chi connectivity index (χ3n) is 4.29. The number of hydrogen-bond acceptors (Lipinski definition) is 3. The Balaban J connectivity index is 2.01. The first-order valence-corrected chi connectivity index (χ1v) is 7.51. The third-order valence-corrected chi connectivity index (χ3v) is 4.29. The molecule has 2 aromatic rings. The molecule has 4 heteroatoms. The molecule has 2 aromatic heterocycles. The zero-order valence-corrected chi connectivity index (χ0v) is 12.9. The van der Waals surface area contributed by atoms with E-state index in [1.807, 2.05) is 16.9 Å². The fraction of sp³-hybridized carbons (Fsp3) is 0.625. The van der Waals surface area contributed by atoms with Crippen LogP contribution < -0.4 is 5.32 Å². The molecule has 4 nitrogen and oxygen atoms in total. The standard InChI is InChI=1S/C16H24N4/c1-15(2,3)13-11-12-14(17-9-10-20(12)19-13)18-16(4)7-5-6-8-16/h9-11H,5-8H2,1-4H3,(H,17,18). The average Bonchev–Trinajstić information content (AvgIpc) is 2.95. The summed E-state index contributed by atoms with van der Waals surface area (Å²) < 4.78 is 1.94. The fourth-order valence-electron chi connectivity index (χ4n) is 2.95. The van der Waals surface area contributed by atoms with E-state index in [0.717, 1.165) is 17.0 Å². The molecular formula is C16H24N4. The van der Waals surface area contributed by atoms with E-state index in [9.17, 15) is 0 Å². The Morgan fingerprint density at radius 2 is 1.95 bits per heavy atom. The monoisotopic (exact) mass is 272 g/mol. The van der Waals surface area contributed by atoms with E-state index in [4.69, 9.17) is 0 Å². The molecule has 3 rings (SSSR count). The zero-order chi connectivity index (χ0) is 14.4. The van der Waals surface area contributed by atoms with Crippen molar-refractivity contribution >= 4 is 11.3 Å². The van der Waals surface area contributed by atoms with Crippen LogP contribution in [0.25, 0.3) is 5.52 Å². The second-order valence-corrected chi connectivity index (χ2v) is 7.28. The molecule has 0 bridgehead atoms. The summed E-state index contributed by atoms with van der Waals surface area (Å²) in [4.78, 5) is 4.54. The second-order valence-electron chi connectivity index (χ2n) is 7.28. The van der Waals surface area contributed by atoms with Gasteiger partial charge in [0.25, 0.3) is 0 Å². The van der Waals surface area contributed by atoms with Crippen molar-refractivity contribution in [2.24, 2.45) is 0 Å². The summed E-state index contributed by atoms with van der Waals surface area (Å²) in [5.74, 6) is 0.958. The molecule has 0 aromatic carbocycles. The van der Waals surface area contributed by atoms with Gasteiger partial charge in [0.1, 0.15) is 5.52 Å². The number of fused-ring (bicyclic) bond motifs is 1. The van der Waals surface area contributed by atoms with Crippen LogP contribution in [0.5, 0.6) is 0 Å². The minimum atomic E-state index is 0.0561. The highest BCUT2D eigenvalue weighted by Gasteiger charge is 2.29. The van der Waals surface area contributed by atoms with Gasteiger partial charge in [-0.25, -0.2) is 9.50 Å². The van der Waals surface area contributed by atoms with Crippen LogP contribution in [0.2, 0.25) is 0 Å². The van der Waals surface area contributed by atoms with Gasteiger partial charge in [-0.1, -0.05) is 33.6 Å². The summed E-state index contributed by atoms with van der Waals surface area (Å²) in [6.07, 6.45) is 8.80. The lowest BCUT2D eigenvalue weighted by Crippen LogP contribution is -2.31. The lowest BCUT2D eigenvalue weighted by molar-refractivity contribution is 0.531. The smallest absolute Gasteiger partial charge is 0.152 e. The Morgan fingerprint density at radius 1 is 1.25 bits per heavy atom. The molecule has 0 atom stereocenters. The van der Waals surface area contributed by atoms with Crippen molar-refractivity contribution in [2.45, 2.75) is 64.3 Å². The van der Waals surface area contributed by atoms with Crippen LogP contribution in [0.3, 0.4) is 0 Å². The van der Waals surface area contributed by atoms with Gasteiger partial charge < -0.3 is 5.32 Å². The van der Waals surface area contributed by atoms with Gasteiger partial charge in [-0.3, -0.25) is 0 Å². The first-order chi connectivity index (χ1) is 9.37. The minimum Gasteiger partial charge on any atom is -0.363 e. The number of nitrogens with zero attached hydrogens (tertiary/aromatic N) is 3. The van der Waals surface area contributed by atoms with Crippen LogP contribution in [-0.4, -0.2) is 20.1 Å². The Morgan fingerprint density at radius 3 is 2.60 bits per heavy atom. The number of aromatic nitrogens is 3. The zero-order valence-electron chi connectivity index (χ0n) is 12.9. The maximum Gasteiger partial charge on any atom is 0.152 e. The topological polar surface area (TPSA) is 42.2 Å².